The summed E-state index contributed by atoms with van der Waals surface area (Å²) in [4.78, 5) is 6.75. The summed E-state index contributed by atoms with van der Waals surface area (Å²) in [6, 6.07) is 9.03. The molecule has 112 valence electrons. The smallest absolute Gasteiger partial charge is 0.118 e. The van der Waals surface area contributed by atoms with Gasteiger partial charge in [0.25, 0.3) is 0 Å². The summed E-state index contributed by atoms with van der Waals surface area (Å²) in [5.41, 5.74) is 3.39. The molecule has 4 nitrogen and oxygen atoms in total. The van der Waals surface area contributed by atoms with Crippen LogP contribution in [0.2, 0.25) is 0 Å². The second-order valence-corrected chi connectivity index (χ2v) is 6.02. The third-order valence-corrected chi connectivity index (χ3v) is 3.68. The molecule has 1 aliphatic carbocycles. The van der Waals surface area contributed by atoms with Gasteiger partial charge in [-0.1, -0.05) is 6.07 Å². The van der Waals surface area contributed by atoms with E-state index in [2.05, 4.69) is 40.4 Å². The first-order valence-corrected chi connectivity index (χ1v) is 7.60. The molecule has 2 aromatic heterocycles. The highest BCUT2D eigenvalue weighted by atomic mass is 16.3. The van der Waals surface area contributed by atoms with Crippen LogP contribution in [0, 0.1) is 6.92 Å². The Kier molecular flexibility index (Phi) is 4.36. The van der Waals surface area contributed by atoms with Crippen LogP contribution in [0.3, 0.4) is 0 Å². The van der Waals surface area contributed by atoms with Gasteiger partial charge in [-0.3, -0.25) is 9.88 Å². The zero-order valence-electron chi connectivity index (χ0n) is 12.8. The van der Waals surface area contributed by atoms with Crippen molar-refractivity contribution in [3.63, 3.8) is 0 Å². The molecular weight excluding hydrogens is 262 g/mol. The molecule has 1 saturated carbocycles. The number of furan rings is 1. The van der Waals surface area contributed by atoms with Crippen molar-refractivity contribution in [3.8, 4) is 0 Å². The van der Waals surface area contributed by atoms with Crippen molar-refractivity contribution in [3.05, 3.63) is 53.2 Å². The first-order valence-electron chi connectivity index (χ1n) is 7.60. The van der Waals surface area contributed by atoms with Crippen molar-refractivity contribution in [1.29, 1.82) is 0 Å². The molecule has 1 N–H and O–H groups in total. The average Bonchev–Trinajstić information content (AvgIpc) is 3.17. The van der Waals surface area contributed by atoms with E-state index in [1.807, 2.05) is 19.3 Å². The van der Waals surface area contributed by atoms with Crippen LogP contribution in [-0.4, -0.2) is 23.0 Å². The second-order valence-electron chi connectivity index (χ2n) is 6.02. The molecule has 0 aromatic carbocycles. The fraction of sp³-hybridized carbons (Fsp3) is 0.471. The van der Waals surface area contributed by atoms with Gasteiger partial charge >= 0.3 is 0 Å². The number of nitrogens with one attached hydrogen (secondary N) is 1. The van der Waals surface area contributed by atoms with E-state index < -0.39 is 0 Å². The fourth-order valence-electron chi connectivity index (χ4n) is 2.44. The third-order valence-electron chi connectivity index (χ3n) is 3.68. The fourth-order valence-corrected chi connectivity index (χ4v) is 2.44. The summed E-state index contributed by atoms with van der Waals surface area (Å²) in [5, 5.41) is 3.50. The maximum Gasteiger partial charge on any atom is 0.118 e. The molecule has 0 bridgehead atoms. The lowest BCUT2D eigenvalue weighted by Crippen LogP contribution is -2.18. The van der Waals surface area contributed by atoms with E-state index in [0.717, 1.165) is 42.8 Å². The van der Waals surface area contributed by atoms with E-state index in [0.29, 0.717) is 0 Å². The Balaban J connectivity index is 1.50. The lowest BCUT2D eigenvalue weighted by atomic mass is 10.2. The Bertz CT molecular complexity index is 589. The first-order chi connectivity index (χ1) is 10.2. The van der Waals surface area contributed by atoms with Crippen molar-refractivity contribution in [2.24, 2.45) is 0 Å². The minimum absolute atomic E-state index is 0.735. The molecule has 4 heteroatoms. The maximum absolute atomic E-state index is 5.65. The summed E-state index contributed by atoms with van der Waals surface area (Å²) in [6.45, 7) is 4.57. The van der Waals surface area contributed by atoms with Gasteiger partial charge in [-0.25, -0.2) is 0 Å². The van der Waals surface area contributed by atoms with Gasteiger partial charge in [0.05, 0.1) is 18.5 Å². The normalized spacial score (nSPS) is 14.8. The lowest BCUT2D eigenvalue weighted by molar-refractivity contribution is 0.284. The molecule has 2 aromatic rings. The molecule has 0 saturated heterocycles. The van der Waals surface area contributed by atoms with E-state index in [1.165, 1.54) is 18.4 Å². The van der Waals surface area contributed by atoms with Gasteiger partial charge in [-0.2, -0.15) is 0 Å². The quantitative estimate of drug-likeness (QED) is 0.849. The Morgan fingerprint density at radius 3 is 2.95 bits per heavy atom. The minimum atomic E-state index is 0.735. The van der Waals surface area contributed by atoms with Crippen LogP contribution >= 0.6 is 0 Å². The summed E-state index contributed by atoms with van der Waals surface area (Å²) in [6.07, 6.45) is 4.50. The van der Waals surface area contributed by atoms with Gasteiger partial charge in [0.1, 0.15) is 5.76 Å². The number of aryl methyl sites for hydroxylation is 1. The molecule has 0 amide bonds. The van der Waals surface area contributed by atoms with Gasteiger partial charge < -0.3 is 9.73 Å². The van der Waals surface area contributed by atoms with Crippen LogP contribution in [-0.2, 0) is 19.6 Å². The topological polar surface area (TPSA) is 41.3 Å². The van der Waals surface area contributed by atoms with Crippen LogP contribution < -0.4 is 5.32 Å². The van der Waals surface area contributed by atoms with E-state index in [4.69, 9.17) is 4.42 Å². The van der Waals surface area contributed by atoms with Gasteiger partial charge in [-0.05, 0) is 45.0 Å². The van der Waals surface area contributed by atoms with Crippen LogP contribution in [0.4, 0.5) is 0 Å². The van der Waals surface area contributed by atoms with Crippen LogP contribution in [0.5, 0.6) is 0 Å². The largest absolute Gasteiger partial charge is 0.468 e. The van der Waals surface area contributed by atoms with Crippen LogP contribution in [0.25, 0.3) is 0 Å². The lowest BCUT2D eigenvalue weighted by Gasteiger charge is -2.14. The van der Waals surface area contributed by atoms with Crippen molar-refractivity contribution >= 4 is 0 Å². The number of hydrogen-bond donors (Lipinski definition) is 1. The maximum atomic E-state index is 5.65. The predicted octanol–water partition coefficient (Wildman–Crippen LogP) is 2.87. The van der Waals surface area contributed by atoms with Crippen LogP contribution in [0.15, 0.2) is 34.9 Å². The molecule has 0 atom stereocenters. The Labute approximate surface area is 126 Å². The van der Waals surface area contributed by atoms with E-state index >= 15 is 0 Å². The van der Waals surface area contributed by atoms with Crippen molar-refractivity contribution < 1.29 is 4.42 Å². The van der Waals surface area contributed by atoms with E-state index in [1.54, 1.807) is 0 Å². The highest BCUT2D eigenvalue weighted by Crippen LogP contribution is 2.20. The first kappa shape index (κ1) is 14.3. The van der Waals surface area contributed by atoms with Crippen molar-refractivity contribution in [2.75, 3.05) is 7.05 Å². The molecule has 3 rings (SSSR count). The highest BCUT2D eigenvalue weighted by molar-refractivity contribution is 5.14. The molecule has 0 radical (unpaired) electrons. The average molecular weight is 285 g/mol. The summed E-state index contributed by atoms with van der Waals surface area (Å²) >= 11 is 0. The number of aromatic nitrogens is 1. The molecule has 2 heterocycles. The van der Waals surface area contributed by atoms with Crippen molar-refractivity contribution in [2.45, 2.75) is 45.4 Å². The summed E-state index contributed by atoms with van der Waals surface area (Å²) in [5.74, 6) is 1.01. The minimum Gasteiger partial charge on any atom is -0.468 e. The molecule has 0 aliphatic heterocycles. The van der Waals surface area contributed by atoms with Gasteiger partial charge in [0.15, 0.2) is 0 Å². The van der Waals surface area contributed by atoms with Gasteiger partial charge in [-0.15, -0.1) is 0 Å². The SMILES string of the molecule is Cc1cccc(CN(C)Cc2cc(CNC3CC3)co2)n1. The summed E-state index contributed by atoms with van der Waals surface area (Å²) in [7, 11) is 2.09. The molecular formula is C17H23N3O. The molecule has 0 unspecified atom stereocenters. The second kappa shape index (κ2) is 6.41. The standard InChI is InChI=1S/C17H23N3O/c1-13-4-3-5-16(19-13)10-20(2)11-17-8-14(12-21-17)9-18-15-6-7-15/h3-5,8,12,15,18H,6-7,9-11H2,1-2H3. The van der Waals surface area contributed by atoms with E-state index in [-0.39, 0.29) is 0 Å². The summed E-state index contributed by atoms with van der Waals surface area (Å²) < 4.78 is 5.65. The molecule has 1 aliphatic rings. The van der Waals surface area contributed by atoms with Crippen molar-refractivity contribution in [1.82, 2.24) is 15.2 Å². The number of rotatable bonds is 7. The molecule has 21 heavy (non-hydrogen) atoms. The van der Waals surface area contributed by atoms with Gasteiger partial charge in [0.2, 0.25) is 0 Å². The zero-order chi connectivity index (χ0) is 14.7. The number of hydrogen-bond acceptors (Lipinski definition) is 4. The monoisotopic (exact) mass is 285 g/mol. The predicted molar refractivity (Wildman–Crippen MR) is 82.7 cm³/mol. The highest BCUT2D eigenvalue weighted by Gasteiger charge is 2.20. The number of pyridine rings is 1. The Morgan fingerprint density at radius 1 is 1.33 bits per heavy atom. The van der Waals surface area contributed by atoms with Gasteiger partial charge in [0, 0.05) is 30.4 Å². The molecule has 1 fully saturated rings. The Hall–Kier alpha value is -1.65. The van der Waals surface area contributed by atoms with Crippen LogP contribution in [0.1, 0.15) is 35.6 Å². The third kappa shape index (κ3) is 4.41. The zero-order valence-corrected chi connectivity index (χ0v) is 12.8. The number of nitrogens with zero attached hydrogens (tertiary/aromatic N) is 2. The van der Waals surface area contributed by atoms with E-state index in [9.17, 15) is 0 Å². The molecule has 0 spiro atoms. The Morgan fingerprint density at radius 2 is 2.19 bits per heavy atom.